The Kier molecular flexibility index (Phi) is 5.67. The van der Waals surface area contributed by atoms with Gasteiger partial charge in [-0.15, -0.1) is 11.6 Å². The van der Waals surface area contributed by atoms with Crippen molar-refractivity contribution in [3.05, 3.63) is 35.4 Å². The molecular weight excluding hydrogens is 246 g/mol. The van der Waals surface area contributed by atoms with Crippen LogP contribution in [0, 0.1) is 6.92 Å². The van der Waals surface area contributed by atoms with E-state index in [0.29, 0.717) is 12.3 Å². The Morgan fingerprint density at radius 1 is 1.33 bits per heavy atom. The molecule has 18 heavy (non-hydrogen) atoms. The number of nitrogens with one attached hydrogen (secondary N) is 1. The fraction of sp³-hybridized carbons (Fsp3) is 0.533. The summed E-state index contributed by atoms with van der Waals surface area (Å²) < 4.78 is 0. The van der Waals surface area contributed by atoms with Gasteiger partial charge in [-0.3, -0.25) is 4.79 Å². The van der Waals surface area contributed by atoms with Gasteiger partial charge in [-0.25, -0.2) is 0 Å². The van der Waals surface area contributed by atoms with Crippen LogP contribution in [0.2, 0.25) is 0 Å². The van der Waals surface area contributed by atoms with Gasteiger partial charge in [0.05, 0.1) is 6.42 Å². The first kappa shape index (κ1) is 15.0. The molecular formula is C15H22ClNO. The molecule has 0 bridgehead atoms. The lowest BCUT2D eigenvalue weighted by atomic mass is 9.95. The molecule has 0 fully saturated rings. The molecule has 0 heterocycles. The molecule has 1 amide bonds. The Labute approximate surface area is 115 Å². The Morgan fingerprint density at radius 2 is 1.94 bits per heavy atom. The molecule has 0 saturated carbocycles. The molecule has 0 aromatic heterocycles. The first-order valence-corrected chi connectivity index (χ1v) is 6.95. The highest BCUT2D eigenvalue weighted by atomic mass is 35.5. The zero-order valence-electron chi connectivity index (χ0n) is 11.4. The molecule has 0 radical (unpaired) electrons. The van der Waals surface area contributed by atoms with Crippen LogP contribution in [0.1, 0.15) is 37.8 Å². The van der Waals surface area contributed by atoms with E-state index in [2.05, 4.69) is 12.2 Å². The third-order valence-corrected chi connectivity index (χ3v) is 3.54. The average Bonchev–Trinajstić information content (AvgIpc) is 2.32. The third-order valence-electron chi connectivity index (χ3n) is 3.35. The molecule has 1 N–H and O–H groups in total. The van der Waals surface area contributed by atoms with Gasteiger partial charge in [-0.05, 0) is 32.3 Å². The van der Waals surface area contributed by atoms with Crippen LogP contribution >= 0.6 is 11.6 Å². The molecule has 1 aromatic rings. The van der Waals surface area contributed by atoms with Crippen LogP contribution in [-0.2, 0) is 11.2 Å². The van der Waals surface area contributed by atoms with Crippen LogP contribution in [0.4, 0.5) is 0 Å². The Morgan fingerprint density at radius 3 is 2.44 bits per heavy atom. The molecule has 0 saturated heterocycles. The summed E-state index contributed by atoms with van der Waals surface area (Å²) >= 11 is 5.77. The Bertz CT molecular complexity index is 388. The van der Waals surface area contributed by atoms with Crippen LogP contribution < -0.4 is 5.32 Å². The lowest BCUT2D eigenvalue weighted by Gasteiger charge is -2.29. The number of rotatable bonds is 6. The maximum atomic E-state index is 12.0. The smallest absolute Gasteiger partial charge is 0.224 e. The van der Waals surface area contributed by atoms with Crippen molar-refractivity contribution in [1.29, 1.82) is 0 Å². The summed E-state index contributed by atoms with van der Waals surface area (Å²) in [7, 11) is 0. The van der Waals surface area contributed by atoms with Gasteiger partial charge in [0, 0.05) is 11.4 Å². The van der Waals surface area contributed by atoms with E-state index in [-0.39, 0.29) is 11.4 Å². The third kappa shape index (κ3) is 4.69. The van der Waals surface area contributed by atoms with Gasteiger partial charge < -0.3 is 5.32 Å². The maximum Gasteiger partial charge on any atom is 0.224 e. The average molecular weight is 268 g/mol. The summed E-state index contributed by atoms with van der Waals surface area (Å²) in [6.45, 7) is 6.15. The van der Waals surface area contributed by atoms with Crippen molar-refractivity contribution in [3.63, 3.8) is 0 Å². The molecule has 1 unspecified atom stereocenters. The van der Waals surface area contributed by atoms with Crippen molar-refractivity contribution in [2.24, 2.45) is 0 Å². The molecule has 0 aliphatic carbocycles. The number of hydrogen-bond donors (Lipinski definition) is 1. The molecule has 0 aliphatic rings. The Hall–Kier alpha value is -1.02. The van der Waals surface area contributed by atoms with Gasteiger partial charge >= 0.3 is 0 Å². The van der Waals surface area contributed by atoms with Crippen LogP contribution in [0.3, 0.4) is 0 Å². The monoisotopic (exact) mass is 267 g/mol. The summed E-state index contributed by atoms with van der Waals surface area (Å²) in [5.41, 5.74) is 2.06. The fourth-order valence-corrected chi connectivity index (χ4v) is 2.23. The number of amides is 1. The summed E-state index contributed by atoms with van der Waals surface area (Å²) in [6, 6.07) is 8.06. The number of aryl methyl sites for hydroxylation is 1. The van der Waals surface area contributed by atoms with Crippen LogP contribution in [-0.4, -0.2) is 17.3 Å². The zero-order chi connectivity index (χ0) is 13.6. The van der Waals surface area contributed by atoms with Gasteiger partial charge in [0.2, 0.25) is 5.91 Å². The largest absolute Gasteiger partial charge is 0.351 e. The number of halogens is 1. The van der Waals surface area contributed by atoms with Gasteiger partial charge in [-0.1, -0.05) is 36.8 Å². The molecule has 3 heteroatoms. The quantitative estimate of drug-likeness (QED) is 0.786. The predicted molar refractivity (Wildman–Crippen MR) is 77.1 cm³/mol. The number of benzene rings is 1. The van der Waals surface area contributed by atoms with E-state index < -0.39 is 0 Å². The van der Waals surface area contributed by atoms with E-state index in [1.807, 2.05) is 38.1 Å². The summed E-state index contributed by atoms with van der Waals surface area (Å²) in [5, 5.41) is 3.08. The molecule has 0 spiro atoms. The predicted octanol–water partition coefficient (Wildman–Crippen LogP) is 3.45. The van der Waals surface area contributed by atoms with Crippen LogP contribution in [0.5, 0.6) is 0 Å². The minimum atomic E-state index is -0.191. The maximum absolute atomic E-state index is 12.0. The fourth-order valence-electron chi connectivity index (χ4n) is 1.81. The number of alkyl halides is 1. The van der Waals surface area contributed by atoms with Crippen molar-refractivity contribution in [3.8, 4) is 0 Å². The molecule has 1 atom stereocenters. The van der Waals surface area contributed by atoms with Crippen molar-refractivity contribution in [2.45, 2.75) is 45.6 Å². The van der Waals surface area contributed by atoms with E-state index in [0.717, 1.165) is 18.4 Å². The highest BCUT2D eigenvalue weighted by Crippen LogP contribution is 2.15. The molecule has 2 nitrogen and oxygen atoms in total. The normalized spacial score (nSPS) is 14.0. The molecule has 1 aromatic carbocycles. The van der Waals surface area contributed by atoms with Crippen LogP contribution in [0.25, 0.3) is 0 Å². The van der Waals surface area contributed by atoms with Gasteiger partial charge in [0.25, 0.3) is 0 Å². The summed E-state index contributed by atoms with van der Waals surface area (Å²) in [5.74, 6) is 0.628. The highest BCUT2D eigenvalue weighted by molar-refractivity contribution is 6.17. The van der Waals surface area contributed by atoms with E-state index in [1.165, 1.54) is 5.56 Å². The number of carbonyl (C=O) groups excluding carboxylic acids is 1. The Balaban J connectivity index is 2.58. The molecule has 1 rings (SSSR count). The first-order chi connectivity index (χ1) is 8.49. The lowest BCUT2D eigenvalue weighted by Crippen LogP contribution is -2.46. The topological polar surface area (TPSA) is 29.1 Å². The van der Waals surface area contributed by atoms with E-state index in [4.69, 9.17) is 11.6 Å². The number of carbonyl (C=O) groups is 1. The lowest BCUT2D eigenvalue weighted by molar-refractivity contribution is -0.122. The van der Waals surface area contributed by atoms with Crippen molar-refractivity contribution in [2.75, 3.05) is 5.88 Å². The molecule has 100 valence electrons. The SMILES string of the molecule is CCC(C)(CCCl)NC(=O)Cc1ccc(C)cc1. The van der Waals surface area contributed by atoms with Gasteiger partial charge in [0.1, 0.15) is 0 Å². The standard InChI is InChI=1S/C15H22ClNO/c1-4-15(3,9-10-16)17-14(18)11-13-7-5-12(2)6-8-13/h5-8H,4,9-11H2,1-3H3,(H,17,18). The van der Waals surface area contributed by atoms with Crippen LogP contribution in [0.15, 0.2) is 24.3 Å². The highest BCUT2D eigenvalue weighted by Gasteiger charge is 2.23. The van der Waals surface area contributed by atoms with E-state index in [9.17, 15) is 4.79 Å². The van der Waals surface area contributed by atoms with E-state index in [1.54, 1.807) is 0 Å². The van der Waals surface area contributed by atoms with Gasteiger partial charge in [-0.2, -0.15) is 0 Å². The van der Waals surface area contributed by atoms with Crippen molar-refractivity contribution in [1.82, 2.24) is 5.32 Å². The second kappa shape index (κ2) is 6.79. The minimum Gasteiger partial charge on any atom is -0.351 e. The van der Waals surface area contributed by atoms with Crippen molar-refractivity contribution < 1.29 is 4.79 Å². The van der Waals surface area contributed by atoms with Gasteiger partial charge in [0.15, 0.2) is 0 Å². The molecule has 0 aliphatic heterocycles. The second-order valence-electron chi connectivity index (χ2n) is 5.06. The van der Waals surface area contributed by atoms with E-state index >= 15 is 0 Å². The zero-order valence-corrected chi connectivity index (χ0v) is 12.2. The first-order valence-electron chi connectivity index (χ1n) is 6.41. The minimum absolute atomic E-state index is 0.0633. The number of hydrogen-bond acceptors (Lipinski definition) is 1. The van der Waals surface area contributed by atoms with Crippen molar-refractivity contribution >= 4 is 17.5 Å². The second-order valence-corrected chi connectivity index (χ2v) is 5.44. The summed E-state index contributed by atoms with van der Waals surface area (Å²) in [6.07, 6.45) is 2.11. The summed E-state index contributed by atoms with van der Waals surface area (Å²) in [4.78, 5) is 12.0.